The highest BCUT2D eigenvalue weighted by molar-refractivity contribution is 6.00. The third kappa shape index (κ3) is 2.33. The van der Waals surface area contributed by atoms with E-state index >= 15 is 0 Å². The molecule has 2 aromatic heterocycles. The zero-order valence-electron chi connectivity index (χ0n) is 10.3. The number of pyridine rings is 1. The third-order valence-corrected chi connectivity index (χ3v) is 2.98. The Balaban J connectivity index is 1.79. The van der Waals surface area contributed by atoms with Gasteiger partial charge in [0.2, 0.25) is 0 Å². The lowest BCUT2D eigenvalue weighted by Gasteiger charge is -2.10. The van der Waals surface area contributed by atoms with Crippen LogP contribution in [-0.2, 0) is 6.54 Å². The molecule has 0 unspecified atom stereocenters. The first-order valence-corrected chi connectivity index (χ1v) is 6.05. The minimum atomic E-state index is 0.756. The van der Waals surface area contributed by atoms with Crippen LogP contribution < -0.4 is 11.1 Å². The molecule has 0 aliphatic carbocycles. The minimum Gasteiger partial charge on any atom is -0.398 e. The Hall–Kier alpha value is -2.63. The molecule has 3 rings (SSSR count). The van der Waals surface area contributed by atoms with E-state index in [0.717, 1.165) is 35.2 Å². The first-order valence-electron chi connectivity index (χ1n) is 6.05. The normalized spacial score (nSPS) is 10.7. The number of nitrogen functional groups attached to an aromatic ring is 1. The van der Waals surface area contributed by atoms with Crippen molar-refractivity contribution in [3.05, 3.63) is 43.0 Å². The van der Waals surface area contributed by atoms with Crippen LogP contribution in [0.4, 0.5) is 11.4 Å². The Morgan fingerprint density at radius 2 is 2.11 bits per heavy atom. The lowest BCUT2D eigenvalue weighted by atomic mass is 10.1. The van der Waals surface area contributed by atoms with E-state index in [1.165, 1.54) is 0 Å². The Labute approximate surface area is 110 Å². The highest BCUT2D eigenvalue weighted by Gasteiger charge is 2.03. The van der Waals surface area contributed by atoms with Gasteiger partial charge in [0, 0.05) is 47.3 Å². The van der Waals surface area contributed by atoms with Crippen LogP contribution in [0, 0.1) is 0 Å². The fraction of sp³-hybridized carbons (Fsp3) is 0.154. The first kappa shape index (κ1) is 11.5. The Morgan fingerprint density at radius 1 is 1.16 bits per heavy atom. The van der Waals surface area contributed by atoms with E-state index in [9.17, 15) is 0 Å². The second kappa shape index (κ2) is 4.93. The number of hydrogen-bond acceptors (Lipinski definition) is 5. The third-order valence-electron chi connectivity index (χ3n) is 2.98. The van der Waals surface area contributed by atoms with E-state index in [-0.39, 0.29) is 0 Å². The molecule has 3 N–H and O–H groups in total. The summed E-state index contributed by atoms with van der Waals surface area (Å²) in [6.45, 7) is 1.52. The van der Waals surface area contributed by atoms with Crippen molar-refractivity contribution >= 4 is 22.1 Å². The maximum Gasteiger partial charge on any atom is 0.0692 e. The van der Waals surface area contributed by atoms with Gasteiger partial charge in [-0.05, 0) is 18.2 Å². The van der Waals surface area contributed by atoms with E-state index in [4.69, 9.17) is 5.73 Å². The van der Waals surface area contributed by atoms with Crippen molar-refractivity contribution in [1.82, 2.24) is 20.0 Å². The lowest BCUT2D eigenvalue weighted by molar-refractivity contribution is 0.609. The van der Waals surface area contributed by atoms with Crippen molar-refractivity contribution in [3.8, 4) is 0 Å². The molecular formula is C13H14N6. The summed E-state index contributed by atoms with van der Waals surface area (Å²) >= 11 is 0. The average Bonchev–Trinajstić information content (AvgIpc) is 2.95. The number of nitrogens with two attached hydrogens (primary N) is 1. The molecule has 1 aromatic carbocycles. The van der Waals surface area contributed by atoms with E-state index in [1.54, 1.807) is 17.1 Å². The number of rotatable bonds is 4. The van der Waals surface area contributed by atoms with Gasteiger partial charge in [0.05, 0.1) is 12.7 Å². The lowest BCUT2D eigenvalue weighted by Crippen LogP contribution is -2.11. The largest absolute Gasteiger partial charge is 0.398 e. The van der Waals surface area contributed by atoms with Gasteiger partial charge in [-0.2, -0.15) is 0 Å². The van der Waals surface area contributed by atoms with Gasteiger partial charge in [0.1, 0.15) is 0 Å². The summed E-state index contributed by atoms with van der Waals surface area (Å²) < 4.78 is 1.78. The SMILES string of the molecule is Nc1ccc(NCCn2ccnn2)c2cnccc12. The summed E-state index contributed by atoms with van der Waals surface area (Å²) in [4.78, 5) is 4.15. The smallest absolute Gasteiger partial charge is 0.0692 e. The standard InChI is InChI=1S/C13H14N6/c14-12-1-2-13(11-9-15-4-3-10(11)12)16-5-7-19-8-6-17-18-19/h1-4,6,8-9,16H,5,7,14H2. The van der Waals surface area contributed by atoms with Crippen molar-refractivity contribution < 1.29 is 0 Å². The Bertz CT molecular complexity index is 677. The number of nitrogens with zero attached hydrogens (tertiary/aromatic N) is 4. The molecule has 0 bridgehead atoms. The number of hydrogen-bond donors (Lipinski definition) is 2. The van der Waals surface area contributed by atoms with Gasteiger partial charge in [-0.25, -0.2) is 0 Å². The van der Waals surface area contributed by atoms with E-state index in [0.29, 0.717) is 0 Å². The average molecular weight is 254 g/mol. The predicted octanol–water partition coefficient (Wildman–Crippen LogP) is 1.52. The number of aromatic nitrogens is 4. The number of fused-ring (bicyclic) bond motifs is 1. The highest BCUT2D eigenvalue weighted by atomic mass is 15.4. The zero-order chi connectivity index (χ0) is 13.1. The van der Waals surface area contributed by atoms with Gasteiger partial charge >= 0.3 is 0 Å². The summed E-state index contributed by atoms with van der Waals surface area (Å²) in [5.41, 5.74) is 7.74. The topological polar surface area (TPSA) is 81.6 Å². The van der Waals surface area contributed by atoms with E-state index in [2.05, 4.69) is 20.6 Å². The van der Waals surface area contributed by atoms with Gasteiger partial charge in [0.25, 0.3) is 0 Å². The monoisotopic (exact) mass is 254 g/mol. The molecule has 0 spiro atoms. The molecule has 0 amide bonds. The van der Waals surface area contributed by atoms with E-state index < -0.39 is 0 Å². The number of nitrogens with one attached hydrogen (secondary N) is 1. The molecule has 0 saturated carbocycles. The second-order valence-corrected chi connectivity index (χ2v) is 4.22. The van der Waals surface area contributed by atoms with Gasteiger partial charge in [0.15, 0.2) is 0 Å². The molecule has 6 heteroatoms. The maximum atomic E-state index is 5.95. The summed E-state index contributed by atoms with van der Waals surface area (Å²) in [7, 11) is 0. The predicted molar refractivity (Wildman–Crippen MR) is 74.7 cm³/mol. The fourth-order valence-corrected chi connectivity index (χ4v) is 2.02. The van der Waals surface area contributed by atoms with Crippen LogP contribution in [0.2, 0.25) is 0 Å². The summed E-state index contributed by atoms with van der Waals surface area (Å²) in [6.07, 6.45) is 7.08. The van der Waals surface area contributed by atoms with Crippen LogP contribution in [0.3, 0.4) is 0 Å². The van der Waals surface area contributed by atoms with Crippen molar-refractivity contribution in [3.63, 3.8) is 0 Å². The van der Waals surface area contributed by atoms with Crippen LogP contribution >= 0.6 is 0 Å². The molecular weight excluding hydrogens is 240 g/mol. The van der Waals surface area contributed by atoms with Gasteiger partial charge in [-0.15, -0.1) is 5.10 Å². The van der Waals surface area contributed by atoms with Crippen LogP contribution in [0.25, 0.3) is 10.8 Å². The molecule has 19 heavy (non-hydrogen) atoms. The molecule has 0 aliphatic heterocycles. The first-order chi connectivity index (χ1) is 9.34. The second-order valence-electron chi connectivity index (χ2n) is 4.22. The van der Waals surface area contributed by atoms with Crippen molar-refractivity contribution in [1.29, 1.82) is 0 Å². The summed E-state index contributed by atoms with van der Waals surface area (Å²) in [6, 6.07) is 5.80. The quantitative estimate of drug-likeness (QED) is 0.690. The molecule has 0 radical (unpaired) electrons. The number of benzene rings is 1. The molecule has 2 heterocycles. The Morgan fingerprint density at radius 3 is 2.95 bits per heavy atom. The number of anilines is 2. The Kier molecular flexibility index (Phi) is 2.97. The van der Waals surface area contributed by atoms with Crippen LogP contribution in [0.15, 0.2) is 43.0 Å². The molecule has 0 atom stereocenters. The molecule has 3 aromatic rings. The summed E-state index contributed by atoms with van der Waals surface area (Å²) in [5, 5.41) is 13.1. The summed E-state index contributed by atoms with van der Waals surface area (Å²) in [5.74, 6) is 0. The highest BCUT2D eigenvalue weighted by Crippen LogP contribution is 2.27. The van der Waals surface area contributed by atoms with E-state index in [1.807, 2.05) is 30.6 Å². The molecule has 0 aliphatic rings. The minimum absolute atomic E-state index is 0.756. The fourth-order valence-electron chi connectivity index (χ4n) is 2.02. The molecule has 96 valence electrons. The van der Waals surface area contributed by atoms with Crippen molar-refractivity contribution in [2.24, 2.45) is 0 Å². The molecule has 6 nitrogen and oxygen atoms in total. The maximum absolute atomic E-state index is 5.95. The zero-order valence-corrected chi connectivity index (χ0v) is 10.3. The van der Waals surface area contributed by atoms with Crippen LogP contribution in [0.5, 0.6) is 0 Å². The van der Waals surface area contributed by atoms with Crippen molar-refractivity contribution in [2.45, 2.75) is 6.54 Å². The van der Waals surface area contributed by atoms with Crippen LogP contribution in [-0.4, -0.2) is 26.5 Å². The van der Waals surface area contributed by atoms with Crippen molar-refractivity contribution in [2.75, 3.05) is 17.6 Å². The van der Waals surface area contributed by atoms with Crippen LogP contribution in [0.1, 0.15) is 0 Å². The van der Waals surface area contributed by atoms with Gasteiger partial charge in [-0.1, -0.05) is 5.21 Å². The van der Waals surface area contributed by atoms with Gasteiger partial charge < -0.3 is 11.1 Å². The van der Waals surface area contributed by atoms with Gasteiger partial charge in [-0.3, -0.25) is 9.67 Å². The molecule has 0 saturated heterocycles. The molecule has 0 fully saturated rings.